The number of aromatic nitrogens is 5. The van der Waals surface area contributed by atoms with E-state index in [1.165, 1.54) is 23.0 Å². The van der Waals surface area contributed by atoms with E-state index in [1.807, 2.05) is 0 Å². The van der Waals surface area contributed by atoms with Crippen LogP contribution >= 0.6 is 11.3 Å². The number of halogens is 6. The van der Waals surface area contributed by atoms with E-state index in [2.05, 4.69) is 25.4 Å². The summed E-state index contributed by atoms with van der Waals surface area (Å²) in [7, 11) is 1.47. The van der Waals surface area contributed by atoms with Gasteiger partial charge < -0.3 is 15.0 Å². The second-order valence-corrected chi connectivity index (χ2v) is 9.38. The van der Waals surface area contributed by atoms with Gasteiger partial charge in [-0.1, -0.05) is 0 Å². The first kappa shape index (κ1) is 26.9. The first-order valence-electron chi connectivity index (χ1n) is 10.9. The lowest BCUT2D eigenvalue weighted by molar-refractivity contribution is -0.145. The molecule has 2 unspecified atom stereocenters. The number of nitrogens with one attached hydrogen (secondary N) is 1. The quantitative estimate of drug-likeness (QED) is 0.470. The number of amides is 1. The lowest BCUT2D eigenvalue weighted by Crippen LogP contribution is -2.54. The summed E-state index contributed by atoms with van der Waals surface area (Å²) >= 11 is 0.430. The van der Waals surface area contributed by atoms with Gasteiger partial charge >= 0.3 is 12.4 Å². The maximum Gasteiger partial charge on any atom is 0.451 e. The highest BCUT2D eigenvalue weighted by Crippen LogP contribution is 2.45. The van der Waals surface area contributed by atoms with E-state index >= 15 is 0 Å². The molecule has 2 atom stereocenters. The summed E-state index contributed by atoms with van der Waals surface area (Å²) in [5, 5.41) is 7.26. The molecule has 3 aromatic rings. The normalized spacial score (nSPS) is 18.9. The zero-order valence-corrected chi connectivity index (χ0v) is 20.3. The molecule has 1 fully saturated rings. The molecule has 3 aromatic heterocycles. The van der Waals surface area contributed by atoms with Crippen LogP contribution in [-0.4, -0.2) is 61.8 Å². The Morgan fingerprint density at radius 1 is 1.14 bits per heavy atom. The summed E-state index contributed by atoms with van der Waals surface area (Å²) in [5.41, 5.74) is -0.0197. The first-order valence-corrected chi connectivity index (χ1v) is 11.7. The minimum Gasteiger partial charge on any atom is -0.377 e. The minimum absolute atomic E-state index is 0.00730. The summed E-state index contributed by atoms with van der Waals surface area (Å²) in [6, 6.07) is -0.388. The fraction of sp³-hybridized carbons (Fsp3) is 0.476. The third-order valence-corrected chi connectivity index (χ3v) is 6.87. The lowest BCUT2D eigenvalue weighted by Gasteiger charge is -2.41. The Morgan fingerprint density at radius 2 is 1.84 bits per heavy atom. The van der Waals surface area contributed by atoms with Crippen LogP contribution in [0.2, 0.25) is 0 Å². The van der Waals surface area contributed by atoms with E-state index < -0.39 is 41.0 Å². The number of nitrogens with zero attached hydrogens (tertiary/aromatic N) is 6. The summed E-state index contributed by atoms with van der Waals surface area (Å²) in [6.45, 7) is 2.20. The third-order valence-electron chi connectivity index (χ3n) is 5.59. The van der Waals surface area contributed by atoms with Crippen molar-refractivity contribution in [3.05, 3.63) is 46.2 Å². The second kappa shape index (κ2) is 10.3. The molecule has 1 N–H and O–H groups in total. The predicted molar refractivity (Wildman–Crippen MR) is 118 cm³/mol. The number of thiophene rings is 1. The molecule has 1 aliphatic rings. The van der Waals surface area contributed by atoms with Crippen molar-refractivity contribution in [1.82, 2.24) is 34.9 Å². The van der Waals surface area contributed by atoms with Gasteiger partial charge in [-0.05, 0) is 13.0 Å². The van der Waals surface area contributed by atoms with Gasteiger partial charge in [-0.25, -0.2) is 19.6 Å². The molecular formula is C21H21F6N7O2S. The lowest BCUT2D eigenvalue weighted by atomic mass is 10.0. The van der Waals surface area contributed by atoms with E-state index in [4.69, 9.17) is 4.74 Å². The Labute approximate surface area is 210 Å². The Hall–Kier alpha value is -3.11. The molecule has 0 aromatic carbocycles. The molecule has 1 aliphatic heterocycles. The molecule has 0 bridgehead atoms. The van der Waals surface area contributed by atoms with Gasteiger partial charge in [0.05, 0.1) is 6.04 Å². The first-order chi connectivity index (χ1) is 17.4. The molecule has 1 saturated heterocycles. The van der Waals surface area contributed by atoms with Crippen molar-refractivity contribution in [3.8, 4) is 11.1 Å². The molecule has 200 valence electrons. The van der Waals surface area contributed by atoms with Crippen molar-refractivity contribution >= 4 is 17.2 Å². The average Bonchev–Trinajstić information content (AvgIpc) is 3.46. The molecule has 9 nitrogen and oxygen atoms in total. The number of rotatable bonds is 6. The van der Waals surface area contributed by atoms with Gasteiger partial charge in [0.15, 0.2) is 5.82 Å². The van der Waals surface area contributed by atoms with Crippen molar-refractivity contribution < 1.29 is 35.9 Å². The van der Waals surface area contributed by atoms with Crippen molar-refractivity contribution in [2.24, 2.45) is 0 Å². The molecule has 37 heavy (non-hydrogen) atoms. The van der Waals surface area contributed by atoms with E-state index in [0.717, 1.165) is 18.5 Å². The van der Waals surface area contributed by atoms with Crippen LogP contribution in [-0.2, 0) is 35.0 Å². The summed E-state index contributed by atoms with van der Waals surface area (Å²) in [5.74, 6) is -1.46. The fourth-order valence-electron chi connectivity index (χ4n) is 4.03. The Bertz CT molecular complexity index is 1240. The van der Waals surface area contributed by atoms with Gasteiger partial charge in [-0.15, -0.1) is 11.3 Å². The van der Waals surface area contributed by atoms with Gasteiger partial charge in [0, 0.05) is 54.6 Å². The minimum atomic E-state index is -4.80. The van der Waals surface area contributed by atoms with Crippen molar-refractivity contribution in [1.29, 1.82) is 0 Å². The average molecular weight is 550 g/mol. The molecule has 4 heterocycles. The second-order valence-electron chi connectivity index (χ2n) is 8.29. The topological polar surface area (TPSA) is 98.1 Å². The van der Waals surface area contributed by atoms with Gasteiger partial charge in [-0.2, -0.15) is 31.4 Å². The van der Waals surface area contributed by atoms with Gasteiger partial charge in [-0.3, -0.25) is 4.79 Å². The molecule has 1 amide bonds. The fourth-order valence-corrected chi connectivity index (χ4v) is 5.18. The van der Waals surface area contributed by atoms with Gasteiger partial charge in [0.2, 0.25) is 11.7 Å². The summed E-state index contributed by atoms with van der Waals surface area (Å²) < 4.78 is 86.0. The maximum absolute atomic E-state index is 13.7. The molecular weight excluding hydrogens is 528 g/mol. The van der Waals surface area contributed by atoms with Crippen LogP contribution in [0, 0.1) is 0 Å². The Morgan fingerprint density at radius 3 is 2.46 bits per heavy atom. The molecule has 0 spiro atoms. The maximum atomic E-state index is 13.7. The SMILES string of the molecule is COCc1ncn(CC(=O)N2C(C)CNCC2c2sc(C(F)(F)F)cc2-c2cnc(C(F)(F)F)nc2)n1. The van der Waals surface area contributed by atoms with Crippen LogP contribution in [0.1, 0.15) is 34.4 Å². The van der Waals surface area contributed by atoms with E-state index in [0.29, 0.717) is 23.7 Å². The van der Waals surface area contributed by atoms with Crippen LogP contribution in [0.5, 0.6) is 0 Å². The predicted octanol–water partition coefficient (Wildman–Crippen LogP) is 3.54. The Balaban J connectivity index is 1.71. The standard InChI is InChI=1S/C21H21F6N7O2S/c1-11-4-28-7-14(34(11)17(35)8-33-10-31-16(32-33)9-36-2)18-13(3-15(37-18)20(22,23)24)12-5-29-19(30-6-12)21(25,26)27/h3,5-6,10-11,14,28H,4,7-9H2,1-2H3. The van der Waals surface area contributed by atoms with Crippen LogP contribution in [0.4, 0.5) is 26.3 Å². The third kappa shape index (κ3) is 5.91. The monoisotopic (exact) mass is 549 g/mol. The van der Waals surface area contributed by atoms with Crippen molar-refractivity contribution in [2.75, 3.05) is 20.2 Å². The van der Waals surface area contributed by atoms with E-state index in [9.17, 15) is 31.1 Å². The van der Waals surface area contributed by atoms with Gasteiger partial charge in [0.25, 0.3) is 0 Å². The van der Waals surface area contributed by atoms with Crippen LogP contribution in [0.3, 0.4) is 0 Å². The van der Waals surface area contributed by atoms with Crippen LogP contribution < -0.4 is 5.32 Å². The van der Waals surface area contributed by atoms with Crippen LogP contribution in [0.15, 0.2) is 24.8 Å². The van der Waals surface area contributed by atoms with Gasteiger partial charge in [0.1, 0.15) is 24.4 Å². The molecule has 0 radical (unpaired) electrons. The zero-order valence-electron chi connectivity index (χ0n) is 19.5. The highest BCUT2D eigenvalue weighted by atomic mass is 32.1. The van der Waals surface area contributed by atoms with Crippen LogP contribution in [0.25, 0.3) is 11.1 Å². The Kier molecular flexibility index (Phi) is 7.52. The molecule has 4 rings (SSSR count). The number of alkyl halides is 6. The number of piperazine rings is 1. The zero-order chi connectivity index (χ0) is 27.0. The van der Waals surface area contributed by atoms with Crippen molar-refractivity contribution in [3.63, 3.8) is 0 Å². The number of carbonyl (C=O) groups excluding carboxylic acids is 1. The number of hydrogen-bond acceptors (Lipinski definition) is 8. The molecule has 0 saturated carbocycles. The number of ether oxygens (including phenoxy) is 1. The smallest absolute Gasteiger partial charge is 0.377 e. The van der Waals surface area contributed by atoms with E-state index in [1.54, 1.807) is 6.92 Å². The highest BCUT2D eigenvalue weighted by Gasteiger charge is 2.40. The summed E-state index contributed by atoms with van der Waals surface area (Å²) in [6.07, 6.45) is -6.48. The molecule has 0 aliphatic carbocycles. The van der Waals surface area contributed by atoms with E-state index in [-0.39, 0.29) is 35.7 Å². The number of methoxy groups -OCH3 is 1. The molecule has 16 heteroatoms. The number of hydrogen-bond donors (Lipinski definition) is 1. The number of carbonyl (C=O) groups is 1. The summed E-state index contributed by atoms with van der Waals surface area (Å²) in [4.78, 5) is 24.6. The van der Waals surface area contributed by atoms with Crippen molar-refractivity contribution in [2.45, 2.75) is 44.5 Å². The largest absolute Gasteiger partial charge is 0.451 e. The highest BCUT2D eigenvalue weighted by molar-refractivity contribution is 7.12.